The highest BCUT2D eigenvalue weighted by atomic mass is 16.1. The molecule has 2 aromatic carbocycles. The van der Waals surface area contributed by atoms with Gasteiger partial charge in [0.2, 0.25) is 5.95 Å². The zero-order chi connectivity index (χ0) is 21.5. The van der Waals surface area contributed by atoms with E-state index in [2.05, 4.69) is 56.5 Å². The number of carbonyl (C=O) groups is 1. The van der Waals surface area contributed by atoms with Crippen molar-refractivity contribution in [1.29, 1.82) is 0 Å². The molecule has 1 aromatic heterocycles. The maximum absolute atomic E-state index is 13.0. The molecule has 1 aliphatic rings. The van der Waals surface area contributed by atoms with Gasteiger partial charge >= 0.3 is 0 Å². The van der Waals surface area contributed by atoms with Gasteiger partial charge in [-0.05, 0) is 61.9 Å². The first-order valence-corrected chi connectivity index (χ1v) is 10.3. The fourth-order valence-electron chi connectivity index (χ4n) is 4.05. The predicted octanol–water partition coefficient (Wildman–Crippen LogP) is 6.04. The van der Waals surface area contributed by atoms with E-state index in [0.717, 1.165) is 34.6 Å². The lowest BCUT2D eigenvalue weighted by Crippen LogP contribution is -2.29. The second-order valence-corrected chi connectivity index (χ2v) is 9.10. The first kappa shape index (κ1) is 20.1. The van der Waals surface area contributed by atoms with Gasteiger partial charge in [0.1, 0.15) is 5.82 Å². The maximum Gasteiger partial charge on any atom is 0.229 e. The van der Waals surface area contributed by atoms with Crippen LogP contribution in [0, 0.1) is 26.2 Å². The zero-order valence-electron chi connectivity index (χ0n) is 18.3. The van der Waals surface area contributed by atoms with Crippen molar-refractivity contribution < 1.29 is 4.79 Å². The Kier molecular flexibility index (Phi) is 5.06. The summed E-state index contributed by atoms with van der Waals surface area (Å²) >= 11 is 0. The van der Waals surface area contributed by atoms with E-state index < -0.39 is 0 Å². The first-order valence-electron chi connectivity index (χ1n) is 10.3. The number of benzene rings is 2. The van der Waals surface area contributed by atoms with Gasteiger partial charge < -0.3 is 10.6 Å². The van der Waals surface area contributed by atoms with E-state index in [9.17, 15) is 4.79 Å². The molecule has 0 radical (unpaired) electrons. The van der Waals surface area contributed by atoms with Gasteiger partial charge in [0.05, 0.1) is 11.3 Å². The highest BCUT2D eigenvalue weighted by Crippen LogP contribution is 2.38. The van der Waals surface area contributed by atoms with Crippen molar-refractivity contribution in [2.75, 3.05) is 10.6 Å². The summed E-state index contributed by atoms with van der Waals surface area (Å²) in [5, 5.41) is 6.72. The maximum atomic E-state index is 13.0. The molecule has 1 aliphatic carbocycles. The van der Waals surface area contributed by atoms with Gasteiger partial charge in [0.15, 0.2) is 5.78 Å². The number of Topliss-reactive ketones (excluding diaryl/α,β-unsaturated/α-hetero) is 1. The van der Waals surface area contributed by atoms with Gasteiger partial charge in [-0.15, -0.1) is 0 Å². The standard InChI is InChI=1S/C25H28N4O/c1-15-7-6-8-18(12-15)26-24-28-20-13-25(4,5)14-21(30)22(20)23(29-24)27-19-10-9-16(2)11-17(19)3/h6-12H,13-14H2,1-5H3,(H2,26,27,28,29). The molecule has 0 aliphatic heterocycles. The summed E-state index contributed by atoms with van der Waals surface area (Å²) in [5.41, 5.74) is 6.63. The quantitative estimate of drug-likeness (QED) is 0.558. The molecule has 0 saturated carbocycles. The Bertz CT molecular complexity index is 1130. The molecular weight excluding hydrogens is 372 g/mol. The smallest absolute Gasteiger partial charge is 0.229 e. The largest absolute Gasteiger partial charge is 0.339 e. The summed E-state index contributed by atoms with van der Waals surface area (Å²) < 4.78 is 0. The summed E-state index contributed by atoms with van der Waals surface area (Å²) in [6.07, 6.45) is 1.23. The van der Waals surface area contributed by atoms with Crippen LogP contribution < -0.4 is 10.6 Å². The molecule has 1 heterocycles. The van der Waals surface area contributed by atoms with E-state index in [1.54, 1.807) is 0 Å². The number of carbonyl (C=O) groups excluding carboxylic acids is 1. The van der Waals surface area contributed by atoms with E-state index in [1.165, 1.54) is 5.56 Å². The third kappa shape index (κ3) is 4.20. The lowest BCUT2D eigenvalue weighted by atomic mass is 9.75. The molecule has 0 unspecified atom stereocenters. The van der Waals surface area contributed by atoms with Crippen molar-refractivity contribution >= 4 is 28.9 Å². The van der Waals surface area contributed by atoms with Crippen molar-refractivity contribution in [3.63, 3.8) is 0 Å². The minimum Gasteiger partial charge on any atom is -0.339 e. The van der Waals surface area contributed by atoms with E-state index in [1.807, 2.05) is 31.2 Å². The fraction of sp³-hybridized carbons (Fsp3) is 0.320. The molecule has 0 atom stereocenters. The summed E-state index contributed by atoms with van der Waals surface area (Å²) in [6.45, 7) is 10.4. The zero-order valence-corrected chi connectivity index (χ0v) is 18.3. The molecule has 0 saturated heterocycles. The fourth-order valence-corrected chi connectivity index (χ4v) is 4.05. The molecule has 154 valence electrons. The summed E-state index contributed by atoms with van der Waals surface area (Å²) in [6, 6.07) is 14.3. The Hall–Kier alpha value is -3.21. The second kappa shape index (κ2) is 7.56. The van der Waals surface area contributed by atoms with Crippen LogP contribution >= 0.6 is 0 Å². The van der Waals surface area contributed by atoms with Gasteiger partial charge in [0.25, 0.3) is 0 Å². The third-order valence-corrected chi connectivity index (χ3v) is 5.46. The van der Waals surface area contributed by atoms with Gasteiger partial charge in [-0.3, -0.25) is 4.79 Å². The highest BCUT2D eigenvalue weighted by Gasteiger charge is 2.35. The Labute approximate surface area is 178 Å². The third-order valence-electron chi connectivity index (χ3n) is 5.46. The van der Waals surface area contributed by atoms with Crippen molar-refractivity contribution in [3.05, 3.63) is 70.4 Å². The molecule has 3 aromatic rings. The summed E-state index contributed by atoms with van der Waals surface area (Å²) in [4.78, 5) is 22.5. The van der Waals surface area contributed by atoms with Crippen LogP contribution in [0.2, 0.25) is 0 Å². The highest BCUT2D eigenvalue weighted by molar-refractivity contribution is 6.03. The number of hydrogen-bond donors (Lipinski definition) is 2. The molecule has 2 N–H and O–H groups in total. The van der Waals surface area contributed by atoms with Crippen LogP contribution in [0.4, 0.5) is 23.1 Å². The number of aromatic nitrogens is 2. The number of nitrogens with zero attached hydrogens (tertiary/aromatic N) is 2. The van der Waals surface area contributed by atoms with Crippen LogP contribution in [0.15, 0.2) is 42.5 Å². The number of nitrogens with one attached hydrogen (secondary N) is 2. The first-order chi connectivity index (χ1) is 14.2. The number of hydrogen-bond acceptors (Lipinski definition) is 5. The molecular formula is C25H28N4O. The predicted molar refractivity (Wildman–Crippen MR) is 122 cm³/mol. The van der Waals surface area contributed by atoms with Gasteiger partial charge in [0, 0.05) is 17.8 Å². The van der Waals surface area contributed by atoms with E-state index in [4.69, 9.17) is 9.97 Å². The minimum atomic E-state index is -0.115. The second-order valence-electron chi connectivity index (χ2n) is 9.10. The van der Waals surface area contributed by atoms with Gasteiger partial charge in [-0.2, -0.15) is 4.98 Å². The minimum absolute atomic E-state index is 0.0932. The van der Waals surface area contributed by atoms with Crippen molar-refractivity contribution in [3.8, 4) is 0 Å². The molecule has 30 heavy (non-hydrogen) atoms. The van der Waals surface area contributed by atoms with Crippen molar-refractivity contribution in [1.82, 2.24) is 9.97 Å². The molecule has 4 rings (SSSR count). The lowest BCUT2D eigenvalue weighted by Gasteiger charge is -2.30. The van der Waals surface area contributed by atoms with Gasteiger partial charge in [-0.1, -0.05) is 43.7 Å². The van der Waals surface area contributed by atoms with Crippen LogP contribution in [0.5, 0.6) is 0 Å². The Morgan fingerprint density at radius 3 is 2.40 bits per heavy atom. The molecule has 5 nitrogen and oxygen atoms in total. The number of ketones is 1. The van der Waals surface area contributed by atoms with Crippen LogP contribution in [0.25, 0.3) is 0 Å². The number of aryl methyl sites for hydroxylation is 3. The van der Waals surface area contributed by atoms with E-state index >= 15 is 0 Å². The van der Waals surface area contributed by atoms with Crippen molar-refractivity contribution in [2.45, 2.75) is 47.5 Å². The average Bonchev–Trinajstić information content (AvgIpc) is 2.62. The molecule has 0 bridgehead atoms. The average molecular weight is 401 g/mol. The molecule has 0 fully saturated rings. The lowest BCUT2D eigenvalue weighted by molar-refractivity contribution is 0.0911. The Morgan fingerprint density at radius 2 is 1.67 bits per heavy atom. The topological polar surface area (TPSA) is 66.9 Å². The summed E-state index contributed by atoms with van der Waals surface area (Å²) in [7, 11) is 0. The number of rotatable bonds is 4. The summed E-state index contributed by atoms with van der Waals surface area (Å²) in [5.74, 6) is 1.16. The molecule has 0 spiro atoms. The van der Waals surface area contributed by atoms with E-state index in [0.29, 0.717) is 23.8 Å². The van der Waals surface area contributed by atoms with Crippen LogP contribution in [0.3, 0.4) is 0 Å². The van der Waals surface area contributed by atoms with Gasteiger partial charge in [-0.25, -0.2) is 4.98 Å². The molecule has 0 amide bonds. The SMILES string of the molecule is Cc1cccc(Nc2nc3c(c(Nc4ccc(C)cc4C)n2)C(=O)CC(C)(C)C3)c1. The Balaban J connectivity index is 1.79. The molecule has 5 heteroatoms. The Morgan fingerprint density at radius 1 is 0.900 bits per heavy atom. The monoisotopic (exact) mass is 400 g/mol. The van der Waals surface area contributed by atoms with E-state index in [-0.39, 0.29) is 11.2 Å². The van der Waals surface area contributed by atoms with Crippen LogP contribution in [0.1, 0.15) is 53.0 Å². The van der Waals surface area contributed by atoms with Crippen molar-refractivity contribution in [2.24, 2.45) is 5.41 Å². The van der Waals surface area contributed by atoms with Crippen LogP contribution in [-0.2, 0) is 6.42 Å². The van der Waals surface area contributed by atoms with Crippen LogP contribution in [-0.4, -0.2) is 15.8 Å². The number of fused-ring (bicyclic) bond motifs is 1. The number of anilines is 4. The normalized spacial score (nSPS) is 14.9.